The highest BCUT2D eigenvalue weighted by Gasteiger charge is 2.27. The lowest BCUT2D eigenvalue weighted by molar-refractivity contribution is -0.132. The van der Waals surface area contributed by atoms with Crippen molar-refractivity contribution in [3.63, 3.8) is 0 Å². The molecule has 5 nitrogen and oxygen atoms in total. The molecule has 2 amide bonds. The largest absolute Gasteiger partial charge is 0.376 e. The van der Waals surface area contributed by atoms with Gasteiger partial charge in [0.05, 0.1) is 6.10 Å². The van der Waals surface area contributed by atoms with Crippen molar-refractivity contribution in [2.45, 2.75) is 31.8 Å². The molecule has 0 saturated carbocycles. The van der Waals surface area contributed by atoms with E-state index in [1.165, 1.54) is 0 Å². The Kier molecular flexibility index (Phi) is 6.23. The van der Waals surface area contributed by atoms with Crippen LogP contribution >= 0.6 is 0 Å². The number of ether oxygens (including phenoxy) is 1. The van der Waals surface area contributed by atoms with Gasteiger partial charge in [-0.1, -0.05) is 30.3 Å². The van der Waals surface area contributed by atoms with E-state index in [0.29, 0.717) is 19.6 Å². The molecule has 1 aromatic rings. The fourth-order valence-corrected chi connectivity index (χ4v) is 3.36. The third kappa shape index (κ3) is 5.16. The lowest BCUT2D eigenvalue weighted by Gasteiger charge is -2.30. The van der Waals surface area contributed by atoms with E-state index in [-0.39, 0.29) is 23.8 Å². The normalized spacial score (nSPS) is 21.6. The molecular weight excluding hydrogens is 316 g/mol. The maximum absolute atomic E-state index is 12.3. The van der Waals surface area contributed by atoms with E-state index in [1.54, 1.807) is 6.08 Å². The SMILES string of the molecule is O=C(NC[C@H]1CCCO1)C1CCN(C(=O)/C=C/c2ccccc2)CC1. The molecule has 0 bridgehead atoms. The van der Waals surface area contributed by atoms with Crippen molar-refractivity contribution in [2.75, 3.05) is 26.2 Å². The van der Waals surface area contributed by atoms with E-state index >= 15 is 0 Å². The third-order valence-corrected chi connectivity index (χ3v) is 4.92. The van der Waals surface area contributed by atoms with Gasteiger partial charge in [-0.15, -0.1) is 0 Å². The number of amides is 2. The van der Waals surface area contributed by atoms with Crippen LogP contribution in [0.4, 0.5) is 0 Å². The van der Waals surface area contributed by atoms with Crippen LogP contribution in [0.5, 0.6) is 0 Å². The number of hydrogen-bond acceptors (Lipinski definition) is 3. The summed E-state index contributed by atoms with van der Waals surface area (Å²) in [6, 6.07) is 9.78. The Morgan fingerprint density at radius 2 is 1.92 bits per heavy atom. The van der Waals surface area contributed by atoms with Gasteiger partial charge in [-0.3, -0.25) is 9.59 Å². The molecule has 1 N–H and O–H groups in total. The minimum absolute atomic E-state index is 0.00329. The lowest BCUT2D eigenvalue weighted by Crippen LogP contribution is -2.43. The molecule has 134 valence electrons. The van der Waals surface area contributed by atoms with Crippen LogP contribution in [0.2, 0.25) is 0 Å². The summed E-state index contributed by atoms with van der Waals surface area (Å²) < 4.78 is 5.53. The van der Waals surface area contributed by atoms with E-state index in [2.05, 4.69) is 5.32 Å². The van der Waals surface area contributed by atoms with E-state index in [4.69, 9.17) is 4.74 Å². The molecule has 0 unspecified atom stereocenters. The topological polar surface area (TPSA) is 58.6 Å². The zero-order valence-electron chi connectivity index (χ0n) is 14.5. The minimum Gasteiger partial charge on any atom is -0.376 e. The summed E-state index contributed by atoms with van der Waals surface area (Å²) >= 11 is 0. The Hall–Kier alpha value is -2.14. The van der Waals surface area contributed by atoms with Gasteiger partial charge < -0.3 is 15.0 Å². The molecule has 2 aliphatic heterocycles. The molecule has 0 radical (unpaired) electrons. The highest BCUT2D eigenvalue weighted by molar-refractivity contribution is 5.92. The quantitative estimate of drug-likeness (QED) is 0.835. The number of hydrogen-bond donors (Lipinski definition) is 1. The van der Waals surface area contributed by atoms with Gasteiger partial charge in [-0.2, -0.15) is 0 Å². The highest BCUT2D eigenvalue weighted by Crippen LogP contribution is 2.18. The van der Waals surface area contributed by atoms with Crippen LogP contribution in [-0.4, -0.2) is 49.1 Å². The van der Waals surface area contributed by atoms with Crippen molar-refractivity contribution in [3.8, 4) is 0 Å². The molecule has 1 aromatic carbocycles. The third-order valence-electron chi connectivity index (χ3n) is 4.92. The zero-order valence-corrected chi connectivity index (χ0v) is 14.5. The van der Waals surface area contributed by atoms with Gasteiger partial charge in [0.2, 0.25) is 11.8 Å². The average Bonchev–Trinajstić information content (AvgIpc) is 3.19. The van der Waals surface area contributed by atoms with Gasteiger partial charge in [0.25, 0.3) is 0 Å². The maximum Gasteiger partial charge on any atom is 0.246 e. The van der Waals surface area contributed by atoms with Crippen LogP contribution in [0.1, 0.15) is 31.2 Å². The molecule has 0 aromatic heterocycles. The van der Waals surface area contributed by atoms with Crippen molar-refractivity contribution in [3.05, 3.63) is 42.0 Å². The van der Waals surface area contributed by atoms with Crippen molar-refractivity contribution < 1.29 is 14.3 Å². The summed E-state index contributed by atoms with van der Waals surface area (Å²) in [5.74, 6) is 0.119. The second-order valence-corrected chi connectivity index (χ2v) is 6.72. The number of nitrogens with one attached hydrogen (secondary N) is 1. The van der Waals surface area contributed by atoms with Gasteiger partial charge in [-0.05, 0) is 37.3 Å². The number of benzene rings is 1. The van der Waals surface area contributed by atoms with Crippen LogP contribution in [0, 0.1) is 5.92 Å². The number of piperidine rings is 1. The highest BCUT2D eigenvalue weighted by atomic mass is 16.5. The predicted octanol–water partition coefficient (Wildman–Crippen LogP) is 2.23. The number of carbonyl (C=O) groups excluding carboxylic acids is 2. The van der Waals surface area contributed by atoms with Crippen LogP contribution < -0.4 is 5.32 Å². The summed E-state index contributed by atoms with van der Waals surface area (Å²) in [6.45, 7) is 2.68. The van der Waals surface area contributed by atoms with Crippen molar-refractivity contribution in [2.24, 2.45) is 5.92 Å². The Labute approximate surface area is 149 Å². The summed E-state index contributed by atoms with van der Waals surface area (Å²) in [4.78, 5) is 26.4. The van der Waals surface area contributed by atoms with Gasteiger partial charge in [0.1, 0.15) is 0 Å². The van der Waals surface area contributed by atoms with E-state index in [9.17, 15) is 9.59 Å². The van der Waals surface area contributed by atoms with Gasteiger partial charge in [-0.25, -0.2) is 0 Å². The molecule has 1 atom stereocenters. The van der Waals surface area contributed by atoms with Crippen molar-refractivity contribution >= 4 is 17.9 Å². The molecule has 25 heavy (non-hydrogen) atoms. The second-order valence-electron chi connectivity index (χ2n) is 6.72. The Balaban J connectivity index is 1.40. The molecule has 2 saturated heterocycles. The first kappa shape index (κ1) is 17.7. The minimum atomic E-state index is 0.00329. The second kappa shape index (κ2) is 8.81. The molecule has 2 aliphatic rings. The molecular formula is C20H26N2O3. The van der Waals surface area contributed by atoms with Crippen LogP contribution in [0.3, 0.4) is 0 Å². The maximum atomic E-state index is 12.3. The fourth-order valence-electron chi connectivity index (χ4n) is 3.36. The summed E-state index contributed by atoms with van der Waals surface area (Å²) in [5, 5.41) is 3.00. The molecule has 0 aliphatic carbocycles. The zero-order chi connectivity index (χ0) is 17.5. The lowest BCUT2D eigenvalue weighted by atomic mass is 9.95. The monoisotopic (exact) mass is 342 g/mol. The number of rotatable bonds is 5. The van der Waals surface area contributed by atoms with Gasteiger partial charge in [0, 0.05) is 38.2 Å². The molecule has 5 heteroatoms. The first-order valence-corrected chi connectivity index (χ1v) is 9.14. The molecule has 2 heterocycles. The summed E-state index contributed by atoms with van der Waals surface area (Å²) in [6.07, 6.45) is 7.19. The number of carbonyl (C=O) groups is 2. The van der Waals surface area contributed by atoms with E-state index in [0.717, 1.165) is 37.9 Å². The van der Waals surface area contributed by atoms with Crippen LogP contribution in [-0.2, 0) is 14.3 Å². The van der Waals surface area contributed by atoms with E-state index < -0.39 is 0 Å². The Bertz CT molecular complexity index is 601. The van der Waals surface area contributed by atoms with Crippen molar-refractivity contribution in [1.29, 1.82) is 0 Å². The standard InChI is InChI=1S/C20H26N2O3/c23-19(9-8-16-5-2-1-3-6-16)22-12-10-17(11-13-22)20(24)21-15-18-7-4-14-25-18/h1-3,5-6,8-9,17-18H,4,7,10-15H2,(H,21,24)/b9-8+/t18-/m1/s1. The van der Waals surface area contributed by atoms with Crippen LogP contribution in [0.25, 0.3) is 6.08 Å². The average molecular weight is 342 g/mol. The van der Waals surface area contributed by atoms with Gasteiger partial charge >= 0.3 is 0 Å². The first-order chi connectivity index (χ1) is 12.2. The van der Waals surface area contributed by atoms with Crippen molar-refractivity contribution in [1.82, 2.24) is 10.2 Å². The number of likely N-dealkylation sites (tertiary alicyclic amines) is 1. The Morgan fingerprint density at radius 3 is 2.60 bits per heavy atom. The Morgan fingerprint density at radius 1 is 1.16 bits per heavy atom. The first-order valence-electron chi connectivity index (χ1n) is 9.14. The molecule has 2 fully saturated rings. The molecule has 0 spiro atoms. The van der Waals surface area contributed by atoms with E-state index in [1.807, 2.05) is 41.3 Å². The molecule has 3 rings (SSSR count). The number of nitrogens with zero attached hydrogens (tertiary/aromatic N) is 1. The summed E-state index contributed by atoms with van der Waals surface area (Å²) in [5.41, 5.74) is 1.01. The summed E-state index contributed by atoms with van der Waals surface area (Å²) in [7, 11) is 0. The van der Waals surface area contributed by atoms with Crippen LogP contribution in [0.15, 0.2) is 36.4 Å². The van der Waals surface area contributed by atoms with Gasteiger partial charge in [0.15, 0.2) is 0 Å². The smallest absolute Gasteiger partial charge is 0.246 e. The predicted molar refractivity (Wildman–Crippen MR) is 96.8 cm³/mol. The fraction of sp³-hybridized carbons (Fsp3) is 0.500.